The molecule has 0 amide bonds. The van der Waals surface area contributed by atoms with Crippen molar-refractivity contribution in [2.75, 3.05) is 18.0 Å². The van der Waals surface area contributed by atoms with Crippen LogP contribution in [-0.4, -0.2) is 34.6 Å². The Kier molecular flexibility index (Phi) is 4.08. The molecule has 2 heterocycles. The molecule has 0 bridgehead atoms. The predicted octanol–water partition coefficient (Wildman–Crippen LogP) is 2.41. The van der Waals surface area contributed by atoms with Gasteiger partial charge in [-0.15, -0.1) is 0 Å². The second-order valence-electron chi connectivity index (χ2n) is 5.67. The van der Waals surface area contributed by atoms with E-state index in [1.165, 1.54) is 0 Å². The molecule has 1 saturated heterocycles. The Balaban J connectivity index is 1.96. The van der Waals surface area contributed by atoms with E-state index < -0.39 is 5.60 Å². The maximum Gasteiger partial charge on any atom is 0.311 e. The lowest BCUT2D eigenvalue weighted by molar-refractivity contribution is -0.159. The second-order valence-corrected chi connectivity index (χ2v) is 6.58. The van der Waals surface area contributed by atoms with E-state index >= 15 is 0 Å². The molecule has 104 valence electrons. The first kappa shape index (κ1) is 14.2. The Hall–Kier alpha value is -1.17. The van der Waals surface area contributed by atoms with Crippen LogP contribution >= 0.6 is 15.9 Å². The van der Waals surface area contributed by atoms with Gasteiger partial charge in [0, 0.05) is 25.5 Å². The average Bonchev–Trinajstić information content (AvgIpc) is 2.77. The first-order valence-corrected chi connectivity index (χ1v) is 7.10. The van der Waals surface area contributed by atoms with Crippen LogP contribution in [0.2, 0.25) is 0 Å². The van der Waals surface area contributed by atoms with Crippen LogP contribution < -0.4 is 4.90 Å². The Morgan fingerprint density at radius 3 is 2.63 bits per heavy atom. The molecule has 0 spiro atoms. The van der Waals surface area contributed by atoms with E-state index in [0.29, 0.717) is 12.5 Å². The number of hydrogen-bond donors (Lipinski definition) is 0. The van der Waals surface area contributed by atoms with E-state index in [-0.39, 0.29) is 11.9 Å². The summed E-state index contributed by atoms with van der Waals surface area (Å²) in [6.45, 7) is 7.06. The van der Waals surface area contributed by atoms with Crippen LogP contribution in [0.5, 0.6) is 0 Å². The topological polar surface area (TPSA) is 55.3 Å². The molecule has 0 radical (unpaired) electrons. The van der Waals surface area contributed by atoms with E-state index in [1.807, 2.05) is 25.7 Å². The molecule has 6 heteroatoms. The minimum Gasteiger partial charge on any atom is -0.460 e. The number of carbonyl (C=O) groups excluding carboxylic acids is 1. The highest BCUT2D eigenvalue weighted by atomic mass is 79.9. The van der Waals surface area contributed by atoms with Crippen molar-refractivity contribution < 1.29 is 9.53 Å². The highest BCUT2D eigenvalue weighted by Crippen LogP contribution is 2.23. The fourth-order valence-corrected chi connectivity index (χ4v) is 2.19. The van der Waals surface area contributed by atoms with Crippen molar-refractivity contribution in [2.24, 2.45) is 5.92 Å². The number of aromatic nitrogens is 2. The van der Waals surface area contributed by atoms with E-state index in [0.717, 1.165) is 17.4 Å². The van der Waals surface area contributed by atoms with Gasteiger partial charge < -0.3 is 9.64 Å². The normalized spacial score (nSPS) is 19.6. The molecule has 5 nitrogen and oxygen atoms in total. The molecule has 1 aliphatic rings. The Morgan fingerprint density at radius 2 is 2.05 bits per heavy atom. The summed E-state index contributed by atoms with van der Waals surface area (Å²) < 4.78 is 6.26. The molecule has 1 aliphatic heterocycles. The van der Waals surface area contributed by atoms with Crippen LogP contribution in [0.1, 0.15) is 27.2 Å². The van der Waals surface area contributed by atoms with Gasteiger partial charge in [-0.25, -0.2) is 9.97 Å². The zero-order valence-corrected chi connectivity index (χ0v) is 13.0. The first-order valence-electron chi connectivity index (χ1n) is 6.30. The van der Waals surface area contributed by atoms with Crippen LogP contribution in [0.4, 0.5) is 5.95 Å². The molecule has 1 atom stereocenters. The number of esters is 1. The fourth-order valence-electron chi connectivity index (χ4n) is 1.99. The number of rotatable bonds is 2. The van der Waals surface area contributed by atoms with Gasteiger partial charge in [0.1, 0.15) is 5.60 Å². The average molecular weight is 328 g/mol. The summed E-state index contributed by atoms with van der Waals surface area (Å²) in [7, 11) is 0. The van der Waals surface area contributed by atoms with Crippen LogP contribution in [0, 0.1) is 5.92 Å². The Labute approximate surface area is 121 Å². The molecule has 19 heavy (non-hydrogen) atoms. The summed E-state index contributed by atoms with van der Waals surface area (Å²) in [6, 6.07) is 0. The van der Waals surface area contributed by atoms with Gasteiger partial charge in [-0.2, -0.15) is 0 Å². The second kappa shape index (κ2) is 5.45. The minimum absolute atomic E-state index is 0.0912. The van der Waals surface area contributed by atoms with Gasteiger partial charge in [0.2, 0.25) is 5.95 Å². The van der Waals surface area contributed by atoms with Crippen molar-refractivity contribution in [3.05, 3.63) is 16.9 Å². The molecule has 2 rings (SSSR count). The predicted molar refractivity (Wildman–Crippen MR) is 75.9 cm³/mol. The fraction of sp³-hybridized carbons (Fsp3) is 0.615. The minimum atomic E-state index is -0.432. The summed E-state index contributed by atoms with van der Waals surface area (Å²) in [4.78, 5) is 22.5. The summed E-state index contributed by atoms with van der Waals surface area (Å²) in [5, 5.41) is 0. The van der Waals surface area contributed by atoms with Crippen molar-refractivity contribution in [2.45, 2.75) is 32.8 Å². The molecule has 1 fully saturated rings. The van der Waals surface area contributed by atoms with Gasteiger partial charge in [-0.3, -0.25) is 4.79 Å². The maximum absolute atomic E-state index is 12.0. The van der Waals surface area contributed by atoms with Crippen molar-refractivity contribution >= 4 is 27.8 Å². The largest absolute Gasteiger partial charge is 0.460 e. The Bertz CT molecular complexity index is 456. The van der Waals surface area contributed by atoms with Gasteiger partial charge in [0.25, 0.3) is 0 Å². The van der Waals surface area contributed by atoms with Crippen LogP contribution in [-0.2, 0) is 9.53 Å². The monoisotopic (exact) mass is 327 g/mol. The number of hydrogen-bond acceptors (Lipinski definition) is 5. The lowest BCUT2D eigenvalue weighted by Gasteiger charge is -2.22. The third kappa shape index (κ3) is 3.89. The lowest BCUT2D eigenvalue weighted by Crippen LogP contribution is -2.31. The number of carbonyl (C=O) groups is 1. The van der Waals surface area contributed by atoms with Crippen molar-refractivity contribution in [1.82, 2.24) is 9.97 Å². The summed E-state index contributed by atoms with van der Waals surface area (Å²) >= 11 is 3.30. The van der Waals surface area contributed by atoms with E-state index in [2.05, 4.69) is 25.9 Å². The van der Waals surface area contributed by atoms with E-state index in [9.17, 15) is 4.79 Å². The third-order valence-corrected chi connectivity index (χ3v) is 3.23. The summed E-state index contributed by atoms with van der Waals surface area (Å²) in [6.07, 6.45) is 4.21. The number of nitrogens with zero attached hydrogens (tertiary/aromatic N) is 3. The zero-order valence-electron chi connectivity index (χ0n) is 11.4. The molecule has 0 aliphatic carbocycles. The standard InChI is InChI=1S/C13H18BrN3O2/c1-13(2,3)19-11(18)9-4-5-17(8-9)12-15-6-10(14)7-16-12/h6-7,9H,4-5,8H2,1-3H3. The number of ether oxygens (including phenoxy) is 1. The van der Waals surface area contributed by atoms with Gasteiger partial charge in [-0.05, 0) is 43.1 Å². The molecular weight excluding hydrogens is 310 g/mol. The van der Waals surface area contributed by atoms with Gasteiger partial charge in [0.05, 0.1) is 10.4 Å². The van der Waals surface area contributed by atoms with Gasteiger partial charge >= 0.3 is 5.97 Å². The van der Waals surface area contributed by atoms with E-state index in [4.69, 9.17) is 4.74 Å². The third-order valence-electron chi connectivity index (χ3n) is 2.82. The Morgan fingerprint density at radius 1 is 1.42 bits per heavy atom. The summed E-state index contributed by atoms with van der Waals surface area (Å²) in [5.74, 6) is 0.438. The zero-order chi connectivity index (χ0) is 14.0. The SMILES string of the molecule is CC(C)(C)OC(=O)C1CCN(c2ncc(Br)cn2)C1. The molecule has 0 N–H and O–H groups in total. The van der Waals surface area contributed by atoms with Gasteiger partial charge in [-0.1, -0.05) is 0 Å². The molecule has 0 saturated carbocycles. The summed E-state index contributed by atoms with van der Waals surface area (Å²) in [5.41, 5.74) is -0.432. The van der Waals surface area contributed by atoms with Crippen molar-refractivity contribution in [3.8, 4) is 0 Å². The molecular formula is C13H18BrN3O2. The molecule has 0 aromatic carbocycles. The maximum atomic E-state index is 12.0. The van der Waals surface area contributed by atoms with Crippen molar-refractivity contribution in [1.29, 1.82) is 0 Å². The number of halogens is 1. The van der Waals surface area contributed by atoms with Crippen LogP contribution in [0.15, 0.2) is 16.9 Å². The molecule has 1 aromatic rings. The molecule has 1 unspecified atom stereocenters. The quantitative estimate of drug-likeness (QED) is 0.781. The van der Waals surface area contributed by atoms with E-state index in [1.54, 1.807) is 12.4 Å². The van der Waals surface area contributed by atoms with Crippen LogP contribution in [0.3, 0.4) is 0 Å². The van der Waals surface area contributed by atoms with Crippen molar-refractivity contribution in [3.63, 3.8) is 0 Å². The number of anilines is 1. The molecule has 1 aromatic heterocycles. The van der Waals surface area contributed by atoms with Crippen LogP contribution in [0.25, 0.3) is 0 Å². The van der Waals surface area contributed by atoms with Gasteiger partial charge in [0.15, 0.2) is 0 Å². The lowest BCUT2D eigenvalue weighted by atomic mass is 10.1. The highest BCUT2D eigenvalue weighted by molar-refractivity contribution is 9.10. The smallest absolute Gasteiger partial charge is 0.311 e. The highest BCUT2D eigenvalue weighted by Gasteiger charge is 2.32. The first-order chi connectivity index (χ1) is 8.85.